The van der Waals surface area contributed by atoms with Crippen LogP contribution in [0.5, 0.6) is 5.75 Å². The van der Waals surface area contributed by atoms with Crippen molar-refractivity contribution in [2.45, 2.75) is 0 Å². The molecule has 0 saturated heterocycles. The van der Waals surface area contributed by atoms with E-state index in [9.17, 15) is 0 Å². The van der Waals surface area contributed by atoms with E-state index in [2.05, 4.69) is 38.5 Å². The lowest BCUT2D eigenvalue weighted by Gasteiger charge is -2.06. The molecule has 0 amide bonds. The molecular formula is C9H10BrIO2. The van der Waals surface area contributed by atoms with E-state index in [4.69, 9.17) is 9.47 Å². The molecule has 0 atom stereocenters. The van der Waals surface area contributed by atoms with Gasteiger partial charge in [-0.15, -0.1) is 0 Å². The van der Waals surface area contributed by atoms with Crippen LogP contribution < -0.4 is 4.74 Å². The number of ether oxygens (including phenoxy) is 2. The second kappa shape index (κ2) is 5.82. The van der Waals surface area contributed by atoms with Crippen molar-refractivity contribution in [3.63, 3.8) is 0 Å². The molecule has 0 spiro atoms. The molecule has 0 bridgehead atoms. The summed E-state index contributed by atoms with van der Waals surface area (Å²) in [7, 11) is 1.66. The lowest BCUT2D eigenvalue weighted by molar-refractivity contribution is 0.146. The Kier molecular flexibility index (Phi) is 5.05. The second-order valence-electron chi connectivity index (χ2n) is 2.42. The highest BCUT2D eigenvalue weighted by Crippen LogP contribution is 2.23. The molecule has 1 aromatic rings. The van der Waals surface area contributed by atoms with Gasteiger partial charge in [-0.1, -0.05) is 0 Å². The third-order valence-electron chi connectivity index (χ3n) is 1.45. The van der Waals surface area contributed by atoms with E-state index in [0.29, 0.717) is 13.2 Å². The Labute approximate surface area is 99.9 Å². The van der Waals surface area contributed by atoms with E-state index in [-0.39, 0.29) is 0 Å². The quantitative estimate of drug-likeness (QED) is 0.609. The van der Waals surface area contributed by atoms with E-state index < -0.39 is 0 Å². The van der Waals surface area contributed by atoms with Gasteiger partial charge in [-0.25, -0.2) is 0 Å². The van der Waals surface area contributed by atoms with Gasteiger partial charge in [0.2, 0.25) is 0 Å². The molecule has 0 radical (unpaired) electrons. The van der Waals surface area contributed by atoms with Crippen LogP contribution in [0.25, 0.3) is 0 Å². The second-order valence-corrected chi connectivity index (χ2v) is 4.43. The molecule has 0 aromatic heterocycles. The molecule has 0 unspecified atom stereocenters. The highest BCUT2D eigenvalue weighted by Gasteiger charge is 1.98. The number of hydrogen-bond acceptors (Lipinski definition) is 2. The number of halogens is 2. The Bertz CT molecular complexity index is 278. The third kappa shape index (κ3) is 3.83. The fourth-order valence-corrected chi connectivity index (χ4v) is 1.54. The molecule has 72 valence electrons. The van der Waals surface area contributed by atoms with E-state index in [1.807, 2.05) is 18.2 Å². The topological polar surface area (TPSA) is 18.5 Å². The van der Waals surface area contributed by atoms with Crippen molar-refractivity contribution < 1.29 is 9.47 Å². The molecule has 0 aliphatic heterocycles. The summed E-state index contributed by atoms with van der Waals surface area (Å²) in [4.78, 5) is 0. The maximum atomic E-state index is 5.43. The largest absolute Gasteiger partial charge is 0.491 e. The van der Waals surface area contributed by atoms with Gasteiger partial charge in [-0.05, 0) is 56.7 Å². The van der Waals surface area contributed by atoms with Crippen molar-refractivity contribution in [3.8, 4) is 5.75 Å². The summed E-state index contributed by atoms with van der Waals surface area (Å²) in [5.41, 5.74) is 0. The maximum Gasteiger partial charge on any atom is 0.120 e. The van der Waals surface area contributed by atoms with Crippen LogP contribution in [-0.4, -0.2) is 20.3 Å². The molecule has 0 saturated carbocycles. The molecular weight excluding hydrogens is 347 g/mol. The first-order valence-corrected chi connectivity index (χ1v) is 5.68. The van der Waals surface area contributed by atoms with Crippen molar-refractivity contribution in [1.82, 2.24) is 0 Å². The first-order chi connectivity index (χ1) is 6.24. The van der Waals surface area contributed by atoms with Crippen LogP contribution >= 0.6 is 38.5 Å². The molecule has 0 heterocycles. The minimum Gasteiger partial charge on any atom is -0.491 e. The number of methoxy groups -OCH3 is 1. The van der Waals surface area contributed by atoms with Gasteiger partial charge < -0.3 is 9.47 Å². The van der Waals surface area contributed by atoms with Crippen molar-refractivity contribution in [2.24, 2.45) is 0 Å². The molecule has 1 rings (SSSR count). The Morgan fingerprint density at radius 2 is 2.15 bits per heavy atom. The Morgan fingerprint density at radius 1 is 1.38 bits per heavy atom. The summed E-state index contributed by atoms with van der Waals surface area (Å²) in [6.45, 7) is 1.21. The Morgan fingerprint density at radius 3 is 2.77 bits per heavy atom. The average molecular weight is 357 g/mol. The fourth-order valence-electron chi connectivity index (χ4n) is 0.809. The van der Waals surface area contributed by atoms with Crippen LogP contribution in [0.1, 0.15) is 0 Å². The van der Waals surface area contributed by atoms with E-state index >= 15 is 0 Å². The van der Waals surface area contributed by atoms with Gasteiger partial charge >= 0.3 is 0 Å². The first-order valence-electron chi connectivity index (χ1n) is 3.81. The van der Waals surface area contributed by atoms with E-state index in [1.54, 1.807) is 7.11 Å². The number of rotatable bonds is 4. The standard InChI is InChI=1S/C9H10BrIO2/c1-12-4-5-13-7-2-3-8(10)9(11)6-7/h2-3,6H,4-5H2,1H3. The molecule has 4 heteroatoms. The van der Waals surface area contributed by atoms with Crippen LogP contribution in [-0.2, 0) is 4.74 Å². The van der Waals surface area contributed by atoms with Crippen LogP contribution in [0.15, 0.2) is 22.7 Å². The fraction of sp³-hybridized carbons (Fsp3) is 0.333. The molecule has 2 nitrogen and oxygen atoms in total. The van der Waals surface area contributed by atoms with Crippen molar-refractivity contribution in [1.29, 1.82) is 0 Å². The van der Waals surface area contributed by atoms with Gasteiger partial charge in [-0.2, -0.15) is 0 Å². The molecule has 13 heavy (non-hydrogen) atoms. The number of hydrogen-bond donors (Lipinski definition) is 0. The highest BCUT2D eigenvalue weighted by molar-refractivity contribution is 14.1. The van der Waals surface area contributed by atoms with Crippen LogP contribution in [0.2, 0.25) is 0 Å². The Hall–Kier alpha value is 0.190. The van der Waals surface area contributed by atoms with Gasteiger partial charge in [-0.3, -0.25) is 0 Å². The monoisotopic (exact) mass is 356 g/mol. The molecule has 1 aromatic carbocycles. The lowest BCUT2D eigenvalue weighted by atomic mass is 10.3. The van der Waals surface area contributed by atoms with Crippen molar-refractivity contribution in [3.05, 3.63) is 26.2 Å². The summed E-state index contributed by atoms with van der Waals surface area (Å²) in [5.74, 6) is 0.879. The lowest BCUT2D eigenvalue weighted by Crippen LogP contribution is -2.04. The van der Waals surface area contributed by atoms with Gasteiger partial charge in [0, 0.05) is 15.2 Å². The van der Waals surface area contributed by atoms with Gasteiger partial charge in [0.05, 0.1) is 6.61 Å². The minimum atomic E-state index is 0.591. The number of benzene rings is 1. The SMILES string of the molecule is COCCOc1ccc(Br)c(I)c1. The normalized spacial score (nSPS) is 10.1. The summed E-state index contributed by atoms with van der Waals surface area (Å²) in [6.07, 6.45) is 0. The van der Waals surface area contributed by atoms with Gasteiger partial charge in [0.25, 0.3) is 0 Å². The smallest absolute Gasteiger partial charge is 0.120 e. The molecule has 0 aliphatic rings. The molecule has 0 aliphatic carbocycles. The van der Waals surface area contributed by atoms with E-state index in [0.717, 1.165) is 13.8 Å². The Balaban J connectivity index is 2.53. The van der Waals surface area contributed by atoms with Crippen molar-refractivity contribution >= 4 is 38.5 Å². The third-order valence-corrected chi connectivity index (χ3v) is 3.77. The van der Waals surface area contributed by atoms with Crippen LogP contribution in [0, 0.1) is 3.57 Å². The first kappa shape index (κ1) is 11.3. The zero-order valence-corrected chi connectivity index (χ0v) is 11.0. The minimum absolute atomic E-state index is 0.591. The molecule has 0 fully saturated rings. The van der Waals surface area contributed by atoms with E-state index in [1.165, 1.54) is 0 Å². The summed E-state index contributed by atoms with van der Waals surface area (Å²) in [6, 6.07) is 5.89. The highest BCUT2D eigenvalue weighted by atomic mass is 127. The van der Waals surface area contributed by atoms with Crippen molar-refractivity contribution in [2.75, 3.05) is 20.3 Å². The zero-order valence-electron chi connectivity index (χ0n) is 7.22. The summed E-state index contributed by atoms with van der Waals surface area (Å²) >= 11 is 5.68. The van der Waals surface area contributed by atoms with Gasteiger partial charge in [0.15, 0.2) is 0 Å². The summed E-state index contributed by atoms with van der Waals surface area (Å²) in [5, 5.41) is 0. The van der Waals surface area contributed by atoms with Crippen LogP contribution in [0.4, 0.5) is 0 Å². The molecule has 0 N–H and O–H groups in total. The van der Waals surface area contributed by atoms with Gasteiger partial charge in [0.1, 0.15) is 12.4 Å². The van der Waals surface area contributed by atoms with Crippen LogP contribution in [0.3, 0.4) is 0 Å². The summed E-state index contributed by atoms with van der Waals surface area (Å²) < 4.78 is 12.5. The maximum absolute atomic E-state index is 5.43. The predicted molar refractivity (Wildman–Crippen MR) is 64.2 cm³/mol. The predicted octanol–water partition coefficient (Wildman–Crippen LogP) is 3.08. The average Bonchev–Trinajstić information content (AvgIpc) is 2.12. The zero-order chi connectivity index (χ0) is 9.68.